The number of fused-ring (bicyclic) bond motifs is 1. The Labute approximate surface area is 170 Å². The Balaban J connectivity index is 1.52. The number of aryl methyl sites for hydroxylation is 1. The second-order valence-electron chi connectivity index (χ2n) is 7.40. The number of nitrogens with zero attached hydrogens (tertiary/aromatic N) is 2. The average Bonchev–Trinajstić information content (AvgIpc) is 3.08. The summed E-state index contributed by atoms with van der Waals surface area (Å²) in [6.45, 7) is 4.46. The van der Waals surface area contributed by atoms with Crippen molar-refractivity contribution in [1.82, 2.24) is 10.3 Å². The normalized spacial score (nSPS) is 15.1. The Bertz CT molecular complexity index is 1080. The fourth-order valence-corrected chi connectivity index (χ4v) is 3.78. The molecule has 4 rings (SSSR count). The molecule has 2 amide bonds. The average molecular weight is 385 g/mol. The molecule has 146 valence electrons. The third kappa shape index (κ3) is 3.76. The van der Waals surface area contributed by atoms with Crippen molar-refractivity contribution in [3.05, 3.63) is 94.8 Å². The van der Waals surface area contributed by atoms with Gasteiger partial charge in [0.25, 0.3) is 11.8 Å². The van der Waals surface area contributed by atoms with E-state index in [1.54, 1.807) is 17.0 Å². The molecular weight excluding hydrogens is 362 g/mol. The van der Waals surface area contributed by atoms with E-state index in [1.807, 2.05) is 56.3 Å². The number of hydrogen-bond donors (Lipinski definition) is 1. The highest BCUT2D eigenvalue weighted by Gasteiger charge is 2.31. The van der Waals surface area contributed by atoms with E-state index in [2.05, 4.69) is 16.4 Å². The molecule has 2 aromatic carbocycles. The molecule has 29 heavy (non-hydrogen) atoms. The summed E-state index contributed by atoms with van der Waals surface area (Å²) in [6, 6.07) is 19.2. The number of carbonyl (C=O) groups is 2. The van der Waals surface area contributed by atoms with Gasteiger partial charge in [-0.1, -0.05) is 42.5 Å². The summed E-state index contributed by atoms with van der Waals surface area (Å²) >= 11 is 0. The molecule has 1 unspecified atom stereocenters. The molecular formula is C24H23N3O2. The smallest absolute Gasteiger partial charge is 0.270 e. The molecule has 5 nitrogen and oxygen atoms in total. The lowest BCUT2D eigenvalue weighted by atomic mass is 10.1. The SMILES string of the molecule is Cc1ccccc1CNC(=O)c1cc(C(=O)N2c3ccccc3CC2C)ccn1. The summed E-state index contributed by atoms with van der Waals surface area (Å²) in [7, 11) is 0. The summed E-state index contributed by atoms with van der Waals surface area (Å²) in [5.74, 6) is -0.407. The van der Waals surface area contributed by atoms with E-state index < -0.39 is 0 Å². The van der Waals surface area contributed by atoms with Crippen molar-refractivity contribution in [2.75, 3.05) is 4.90 Å². The van der Waals surface area contributed by atoms with Gasteiger partial charge in [0.2, 0.25) is 0 Å². The van der Waals surface area contributed by atoms with Gasteiger partial charge < -0.3 is 10.2 Å². The highest BCUT2D eigenvalue weighted by atomic mass is 16.2. The van der Waals surface area contributed by atoms with Crippen LogP contribution in [0.3, 0.4) is 0 Å². The van der Waals surface area contributed by atoms with Gasteiger partial charge in [0.05, 0.1) is 0 Å². The van der Waals surface area contributed by atoms with Gasteiger partial charge in [-0.25, -0.2) is 0 Å². The monoisotopic (exact) mass is 385 g/mol. The Morgan fingerprint density at radius 1 is 1.10 bits per heavy atom. The summed E-state index contributed by atoms with van der Waals surface area (Å²) < 4.78 is 0. The number of rotatable bonds is 4. The minimum Gasteiger partial charge on any atom is -0.347 e. The number of pyridine rings is 1. The molecule has 2 heterocycles. The molecule has 0 radical (unpaired) electrons. The van der Waals surface area contributed by atoms with Crippen molar-refractivity contribution in [1.29, 1.82) is 0 Å². The van der Waals surface area contributed by atoms with Gasteiger partial charge in [0, 0.05) is 30.0 Å². The lowest BCUT2D eigenvalue weighted by Crippen LogP contribution is -2.36. The van der Waals surface area contributed by atoms with E-state index in [-0.39, 0.29) is 23.6 Å². The number of aromatic nitrogens is 1. The zero-order valence-corrected chi connectivity index (χ0v) is 16.6. The Morgan fingerprint density at radius 3 is 2.69 bits per heavy atom. The molecule has 1 N–H and O–H groups in total. The van der Waals surface area contributed by atoms with Gasteiger partial charge in [0.1, 0.15) is 5.69 Å². The van der Waals surface area contributed by atoms with Gasteiger partial charge in [-0.05, 0) is 55.2 Å². The van der Waals surface area contributed by atoms with Crippen LogP contribution < -0.4 is 10.2 Å². The van der Waals surface area contributed by atoms with Crippen molar-refractivity contribution < 1.29 is 9.59 Å². The number of carbonyl (C=O) groups excluding carboxylic acids is 2. The van der Waals surface area contributed by atoms with Crippen LogP contribution in [0.5, 0.6) is 0 Å². The van der Waals surface area contributed by atoms with Crippen LogP contribution >= 0.6 is 0 Å². The Hall–Kier alpha value is -3.47. The highest BCUT2D eigenvalue weighted by molar-refractivity contribution is 6.08. The number of hydrogen-bond acceptors (Lipinski definition) is 3. The van der Waals surface area contributed by atoms with Gasteiger partial charge in [-0.15, -0.1) is 0 Å². The van der Waals surface area contributed by atoms with Gasteiger partial charge in [-0.2, -0.15) is 0 Å². The molecule has 5 heteroatoms. The maximum absolute atomic E-state index is 13.2. The predicted octanol–water partition coefficient (Wildman–Crippen LogP) is 3.91. The van der Waals surface area contributed by atoms with Crippen LogP contribution in [-0.2, 0) is 13.0 Å². The first-order valence-corrected chi connectivity index (χ1v) is 9.75. The number of anilines is 1. The second-order valence-corrected chi connectivity index (χ2v) is 7.40. The fraction of sp³-hybridized carbons (Fsp3) is 0.208. The van der Waals surface area contributed by atoms with Crippen LogP contribution in [0.25, 0.3) is 0 Å². The fourth-order valence-electron chi connectivity index (χ4n) is 3.78. The third-order valence-electron chi connectivity index (χ3n) is 5.37. The number of benzene rings is 2. The zero-order chi connectivity index (χ0) is 20.4. The molecule has 0 saturated heterocycles. The predicted molar refractivity (Wildman–Crippen MR) is 113 cm³/mol. The molecule has 0 bridgehead atoms. The van der Waals surface area contributed by atoms with Crippen molar-refractivity contribution >= 4 is 17.5 Å². The molecule has 0 fully saturated rings. The summed E-state index contributed by atoms with van der Waals surface area (Å²) in [6.07, 6.45) is 2.35. The lowest BCUT2D eigenvalue weighted by molar-refractivity contribution is 0.0946. The van der Waals surface area contributed by atoms with Crippen molar-refractivity contribution in [3.63, 3.8) is 0 Å². The molecule has 0 aliphatic carbocycles. The lowest BCUT2D eigenvalue weighted by Gasteiger charge is -2.23. The Morgan fingerprint density at radius 2 is 1.86 bits per heavy atom. The largest absolute Gasteiger partial charge is 0.347 e. The molecule has 1 atom stereocenters. The number of para-hydroxylation sites is 1. The first kappa shape index (κ1) is 18.9. The van der Waals surface area contributed by atoms with Crippen molar-refractivity contribution in [3.8, 4) is 0 Å². The minimum absolute atomic E-state index is 0.0754. The van der Waals surface area contributed by atoms with Crippen LogP contribution in [0.1, 0.15) is 44.5 Å². The van der Waals surface area contributed by atoms with E-state index in [0.29, 0.717) is 12.1 Å². The summed E-state index contributed by atoms with van der Waals surface area (Å²) in [4.78, 5) is 31.7. The maximum Gasteiger partial charge on any atom is 0.270 e. The Kier molecular flexibility index (Phi) is 5.12. The third-order valence-corrected chi connectivity index (χ3v) is 5.37. The molecule has 3 aromatic rings. The highest BCUT2D eigenvalue weighted by Crippen LogP contribution is 2.33. The molecule has 0 spiro atoms. The first-order chi connectivity index (χ1) is 14.0. The summed E-state index contributed by atoms with van der Waals surface area (Å²) in [5, 5.41) is 2.89. The summed E-state index contributed by atoms with van der Waals surface area (Å²) in [5.41, 5.74) is 4.97. The van der Waals surface area contributed by atoms with Crippen LogP contribution in [0.4, 0.5) is 5.69 Å². The minimum atomic E-state index is -0.294. The topological polar surface area (TPSA) is 62.3 Å². The van der Waals surface area contributed by atoms with Crippen LogP contribution in [0.2, 0.25) is 0 Å². The second kappa shape index (κ2) is 7.87. The maximum atomic E-state index is 13.2. The van der Waals surface area contributed by atoms with Gasteiger partial charge in [0.15, 0.2) is 0 Å². The number of amides is 2. The van der Waals surface area contributed by atoms with Crippen LogP contribution in [0, 0.1) is 6.92 Å². The molecule has 1 aliphatic heterocycles. The van der Waals surface area contributed by atoms with Crippen molar-refractivity contribution in [2.24, 2.45) is 0 Å². The molecule has 1 aliphatic rings. The zero-order valence-electron chi connectivity index (χ0n) is 16.6. The van der Waals surface area contributed by atoms with Crippen LogP contribution in [-0.4, -0.2) is 22.8 Å². The van der Waals surface area contributed by atoms with Gasteiger partial charge in [-0.3, -0.25) is 14.6 Å². The molecule has 0 saturated carbocycles. The van der Waals surface area contributed by atoms with E-state index >= 15 is 0 Å². The quantitative estimate of drug-likeness (QED) is 0.741. The van der Waals surface area contributed by atoms with Gasteiger partial charge >= 0.3 is 0 Å². The first-order valence-electron chi connectivity index (χ1n) is 9.75. The van der Waals surface area contributed by atoms with E-state index in [9.17, 15) is 9.59 Å². The van der Waals surface area contributed by atoms with E-state index in [1.165, 1.54) is 11.8 Å². The molecule has 1 aromatic heterocycles. The standard InChI is InChI=1S/C24H23N3O2/c1-16-7-3-4-9-20(16)15-26-23(28)21-14-19(11-12-25-21)24(29)27-17(2)13-18-8-5-6-10-22(18)27/h3-12,14,17H,13,15H2,1-2H3,(H,26,28). The van der Waals surface area contributed by atoms with Crippen molar-refractivity contribution in [2.45, 2.75) is 32.9 Å². The van der Waals surface area contributed by atoms with Crippen LogP contribution in [0.15, 0.2) is 66.9 Å². The number of nitrogens with one attached hydrogen (secondary N) is 1. The van der Waals surface area contributed by atoms with E-state index in [4.69, 9.17) is 0 Å². The van der Waals surface area contributed by atoms with E-state index in [0.717, 1.165) is 23.2 Å².